The van der Waals surface area contributed by atoms with Gasteiger partial charge < -0.3 is 5.32 Å². The summed E-state index contributed by atoms with van der Waals surface area (Å²) >= 11 is 0. The minimum Gasteiger partial charge on any atom is -0.312 e. The van der Waals surface area contributed by atoms with Gasteiger partial charge in [0.2, 0.25) is 0 Å². The van der Waals surface area contributed by atoms with Gasteiger partial charge in [-0.2, -0.15) is 0 Å². The lowest BCUT2D eigenvalue weighted by Gasteiger charge is -2.20. The summed E-state index contributed by atoms with van der Waals surface area (Å²) in [4.78, 5) is 0. The van der Waals surface area contributed by atoms with E-state index >= 15 is 0 Å². The maximum Gasteiger partial charge on any atom is 0.126 e. The SMILES string of the molecule is Cc1cc(CCCCNC(C)(C)C)ccc1F. The van der Waals surface area contributed by atoms with E-state index < -0.39 is 0 Å². The van der Waals surface area contributed by atoms with Crippen LogP contribution in [0.4, 0.5) is 4.39 Å². The highest BCUT2D eigenvalue weighted by Crippen LogP contribution is 2.11. The predicted octanol–water partition coefficient (Wildman–Crippen LogP) is 3.84. The van der Waals surface area contributed by atoms with Crippen molar-refractivity contribution in [2.75, 3.05) is 6.54 Å². The fourth-order valence-electron chi connectivity index (χ4n) is 1.78. The van der Waals surface area contributed by atoms with Crippen LogP contribution >= 0.6 is 0 Å². The van der Waals surface area contributed by atoms with Gasteiger partial charge in [-0.3, -0.25) is 0 Å². The van der Waals surface area contributed by atoms with Gasteiger partial charge in [-0.1, -0.05) is 12.1 Å². The Bertz CT molecular complexity index is 352. The Balaban J connectivity index is 2.25. The van der Waals surface area contributed by atoms with Crippen molar-refractivity contribution in [2.24, 2.45) is 0 Å². The van der Waals surface area contributed by atoms with Crippen molar-refractivity contribution in [3.8, 4) is 0 Å². The molecule has 1 aromatic rings. The summed E-state index contributed by atoms with van der Waals surface area (Å²) in [5.41, 5.74) is 2.18. The van der Waals surface area contributed by atoms with Crippen LogP contribution in [0.1, 0.15) is 44.7 Å². The van der Waals surface area contributed by atoms with Crippen LogP contribution in [0.5, 0.6) is 0 Å². The van der Waals surface area contributed by atoms with E-state index in [-0.39, 0.29) is 11.4 Å². The molecule has 0 saturated heterocycles. The summed E-state index contributed by atoms with van der Waals surface area (Å²) in [6.07, 6.45) is 3.34. The van der Waals surface area contributed by atoms with Gasteiger partial charge >= 0.3 is 0 Å². The van der Waals surface area contributed by atoms with Crippen molar-refractivity contribution in [3.63, 3.8) is 0 Å². The maximum absolute atomic E-state index is 13.1. The molecule has 0 bridgehead atoms. The molecule has 0 unspecified atom stereocenters. The highest BCUT2D eigenvalue weighted by molar-refractivity contribution is 5.23. The number of halogens is 1. The third-order valence-electron chi connectivity index (χ3n) is 2.77. The van der Waals surface area contributed by atoms with Crippen LogP contribution in [0.2, 0.25) is 0 Å². The van der Waals surface area contributed by atoms with Crippen LogP contribution in [0.3, 0.4) is 0 Å². The summed E-state index contributed by atoms with van der Waals surface area (Å²) in [7, 11) is 0. The first kappa shape index (κ1) is 14.2. The third kappa shape index (κ3) is 5.83. The molecule has 1 N–H and O–H groups in total. The molecule has 0 aromatic heterocycles. The minimum atomic E-state index is -0.108. The molecule has 0 amide bonds. The number of aryl methyl sites for hydroxylation is 2. The van der Waals surface area contributed by atoms with Crippen molar-refractivity contribution >= 4 is 0 Å². The van der Waals surface area contributed by atoms with Crippen LogP contribution in [0, 0.1) is 12.7 Å². The number of nitrogens with one attached hydrogen (secondary N) is 1. The summed E-state index contributed by atoms with van der Waals surface area (Å²) in [5, 5.41) is 3.47. The molecular formula is C15H24FN. The number of hydrogen-bond donors (Lipinski definition) is 1. The molecule has 0 spiro atoms. The quantitative estimate of drug-likeness (QED) is 0.767. The Morgan fingerprint density at radius 1 is 1.18 bits per heavy atom. The Kier molecular flexibility index (Phi) is 5.13. The fourth-order valence-corrected chi connectivity index (χ4v) is 1.78. The summed E-state index contributed by atoms with van der Waals surface area (Å²) in [5.74, 6) is -0.108. The summed E-state index contributed by atoms with van der Waals surface area (Å²) in [6, 6.07) is 5.41. The van der Waals surface area contributed by atoms with E-state index in [1.807, 2.05) is 19.1 Å². The van der Waals surface area contributed by atoms with Gasteiger partial charge in [0.15, 0.2) is 0 Å². The Hall–Kier alpha value is -0.890. The molecule has 1 nitrogen and oxygen atoms in total. The van der Waals surface area contributed by atoms with E-state index in [1.165, 1.54) is 5.56 Å². The van der Waals surface area contributed by atoms with Gasteiger partial charge in [0.1, 0.15) is 5.82 Å². The van der Waals surface area contributed by atoms with Crippen LogP contribution in [0.15, 0.2) is 18.2 Å². The number of rotatable bonds is 5. The lowest BCUT2D eigenvalue weighted by atomic mass is 10.0. The second kappa shape index (κ2) is 6.15. The molecule has 0 radical (unpaired) electrons. The van der Waals surface area contributed by atoms with Crippen LogP contribution < -0.4 is 5.32 Å². The van der Waals surface area contributed by atoms with Gasteiger partial charge in [0, 0.05) is 5.54 Å². The normalized spacial score (nSPS) is 11.8. The Labute approximate surface area is 104 Å². The van der Waals surface area contributed by atoms with Crippen LogP contribution in [-0.2, 0) is 6.42 Å². The van der Waals surface area contributed by atoms with Crippen LogP contribution in [0.25, 0.3) is 0 Å². The molecule has 0 fully saturated rings. The third-order valence-corrected chi connectivity index (χ3v) is 2.77. The van der Waals surface area contributed by atoms with Crippen molar-refractivity contribution in [1.29, 1.82) is 0 Å². The van der Waals surface area contributed by atoms with Crippen LogP contribution in [-0.4, -0.2) is 12.1 Å². The second-order valence-electron chi connectivity index (χ2n) is 5.72. The highest BCUT2D eigenvalue weighted by atomic mass is 19.1. The van der Waals surface area contributed by atoms with Gasteiger partial charge in [-0.15, -0.1) is 0 Å². The van der Waals surface area contributed by atoms with E-state index in [0.29, 0.717) is 0 Å². The molecule has 2 heteroatoms. The molecular weight excluding hydrogens is 213 g/mol. The first-order valence-electron chi connectivity index (χ1n) is 6.38. The molecule has 0 atom stereocenters. The molecule has 0 heterocycles. The number of hydrogen-bond acceptors (Lipinski definition) is 1. The van der Waals surface area contributed by atoms with E-state index in [0.717, 1.165) is 31.4 Å². The van der Waals surface area contributed by atoms with Crippen molar-refractivity contribution < 1.29 is 4.39 Å². The zero-order valence-electron chi connectivity index (χ0n) is 11.4. The lowest BCUT2D eigenvalue weighted by Crippen LogP contribution is -2.36. The molecule has 1 rings (SSSR count). The first-order chi connectivity index (χ1) is 7.88. The molecule has 0 aliphatic heterocycles. The van der Waals surface area contributed by atoms with E-state index in [4.69, 9.17) is 0 Å². The number of unbranched alkanes of at least 4 members (excludes halogenated alkanes) is 1. The zero-order valence-corrected chi connectivity index (χ0v) is 11.4. The molecule has 96 valence electrons. The predicted molar refractivity (Wildman–Crippen MR) is 71.8 cm³/mol. The van der Waals surface area contributed by atoms with E-state index in [2.05, 4.69) is 26.1 Å². The first-order valence-corrected chi connectivity index (χ1v) is 6.38. The van der Waals surface area contributed by atoms with Gasteiger partial charge in [0.05, 0.1) is 0 Å². The largest absolute Gasteiger partial charge is 0.312 e. The molecule has 17 heavy (non-hydrogen) atoms. The maximum atomic E-state index is 13.1. The van der Waals surface area contributed by atoms with Crippen molar-refractivity contribution in [1.82, 2.24) is 5.32 Å². The molecule has 1 aromatic carbocycles. The fraction of sp³-hybridized carbons (Fsp3) is 0.600. The van der Waals surface area contributed by atoms with Gasteiger partial charge in [0.25, 0.3) is 0 Å². The molecule has 0 aliphatic carbocycles. The van der Waals surface area contributed by atoms with E-state index in [9.17, 15) is 4.39 Å². The topological polar surface area (TPSA) is 12.0 Å². The standard InChI is InChI=1S/C15H24FN/c1-12-11-13(8-9-14(12)16)7-5-6-10-17-15(2,3)4/h8-9,11,17H,5-7,10H2,1-4H3. The van der Waals surface area contributed by atoms with Gasteiger partial charge in [-0.25, -0.2) is 4.39 Å². The Morgan fingerprint density at radius 2 is 1.88 bits per heavy atom. The lowest BCUT2D eigenvalue weighted by molar-refractivity contribution is 0.419. The minimum absolute atomic E-state index is 0.108. The monoisotopic (exact) mass is 237 g/mol. The number of benzene rings is 1. The van der Waals surface area contributed by atoms with Crippen molar-refractivity contribution in [3.05, 3.63) is 35.1 Å². The average Bonchev–Trinajstić information content (AvgIpc) is 2.21. The van der Waals surface area contributed by atoms with E-state index in [1.54, 1.807) is 6.07 Å². The summed E-state index contributed by atoms with van der Waals surface area (Å²) < 4.78 is 13.1. The summed E-state index contributed by atoms with van der Waals surface area (Å²) in [6.45, 7) is 9.40. The zero-order chi connectivity index (χ0) is 12.9. The van der Waals surface area contributed by atoms with Crippen molar-refractivity contribution in [2.45, 2.75) is 52.5 Å². The van der Waals surface area contributed by atoms with Gasteiger partial charge in [-0.05, 0) is 70.7 Å². The molecule has 0 aliphatic rings. The Morgan fingerprint density at radius 3 is 2.47 bits per heavy atom. The smallest absolute Gasteiger partial charge is 0.126 e. The average molecular weight is 237 g/mol. The highest BCUT2D eigenvalue weighted by Gasteiger charge is 2.07. The second-order valence-corrected chi connectivity index (χ2v) is 5.72. The molecule has 0 saturated carbocycles.